The second-order valence-corrected chi connectivity index (χ2v) is 10.8. The first-order chi connectivity index (χ1) is 17.0. The van der Waals surface area contributed by atoms with E-state index < -0.39 is 17.6 Å². The van der Waals surface area contributed by atoms with Crippen LogP contribution >= 0.6 is 11.6 Å². The van der Waals surface area contributed by atoms with Gasteiger partial charge in [-0.15, -0.1) is 0 Å². The van der Waals surface area contributed by atoms with E-state index in [0.29, 0.717) is 22.7 Å². The van der Waals surface area contributed by atoms with Gasteiger partial charge in [0.1, 0.15) is 28.5 Å². The van der Waals surface area contributed by atoms with Crippen LogP contribution in [0.1, 0.15) is 93.7 Å². The van der Waals surface area contributed by atoms with Crippen molar-refractivity contribution in [3.8, 4) is 5.75 Å². The first kappa shape index (κ1) is 26.2. The third-order valence-corrected chi connectivity index (χ3v) is 7.89. The molecule has 1 amide bonds. The number of fused-ring (bicyclic) bond motifs is 1. The average molecular weight is 516 g/mol. The molecule has 1 aliphatic rings. The molecule has 1 unspecified atom stereocenters. The minimum absolute atomic E-state index is 0.0276. The average Bonchev–Trinajstić information content (AvgIpc) is 3.36. The van der Waals surface area contributed by atoms with E-state index in [-0.39, 0.29) is 33.9 Å². The van der Waals surface area contributed by atoms with Crippen molar-refractivity contribution in [3.63, 3.8) is 0 Å². The van der Waals surface area contributed by atoms with E-state index >= 15 is 4.39 Å². The molecule has 1 aliphatic carbocycles. The molecule has 3 atom stereocenters. The number of carbonyl (C=O) groups is 1. The Morgan fingerprint density at radius 3 is 2.81 bits per heavy atom. The Kier molecular flexibility index (Phi) is 7.19. The number of imidazole rings is 1. The summed E-state index contributed by atoms with van der Waals surface area (Å²) in [5.74, 6) is -0.470. The number of hydrogen-bond acceptors (Lipinski definition) is 5. The third kappa shape index (κ3) is 4.51. The molecule has 2 heterocycles. The Balaban J connectivity index is 1.85. The van der Waals surface area contributed by atoms with E-state index in [4.69, 9.17) is 27.1 Å². The standard InChI is InChI=1S/C27H35ClFN5O2/c1-7-27(6)10-8-9-19(27)33-26(35)20-21(29)18(28)13-17(23(20)36-14(2)3)15(4)25-32-16(5)22-24(30)31-11-12-34(22)25/h11-15,19H,7-10H2,1-6H3,(H2,30,31)(H,33,35)/t15-,19?,27+/m0/s1. The van der Waals surface area contributed by atoms with Crippen LogP contribution < -0.4 is 15.8 Å². The molecule has 3 N–H and O–H groups in total. The fourth-order valence-corrected chi connectivity index (χ4v) is 5.57. The largest absolute Gasteiger partial charge is 0.490 e. The van der Waals surface area contributed by atoms with Crippen molar-refractivity contribution in [2.45, 2.75) is 85.3 Å². The van der Waals surface area contributed by atoms with Gasteiger partial charge < -0.3 is 15.8 Å². The molecule has 3 aromatic rings. The predicted octanol–water partition coefficient (Wildman–Crippen LogP) is 6.05. The zero-order valence-electron chi connectivity index (χ0n) is 21.8. The molecular weight excluding hydrogens is 481 g/mol. The number of hydrogen-bond donors (Lipinski definition) is 2. The maximum atomic E-state index is 15.5. The fraction of sp³-hybridized carbons (Fsp3) is 0.519. The second-order valence-electron chi connectivity index (χ2n) is 10.4. The van der Waals surface area contributed by atoms with Gasteiger partial charge in [-0.1, -0.05) is 38.8 Å². The topological polar surface area (TPSA) is 94.5 Å². The lowest BCUT2D eigenvalue weighted by Crippen LogP contribution is -2.43. The van der Waals surface area contributed by atoms with Crippen molar-refractivity contribution in [2.24, 2.45) is 5.41 Å². The molecule has 1 fully saturated rings. The minimum atomic E-state index is -0.783. The highest BCUT2D eigenvalue weighted by atomic mass is 35.5. The van der Waals surface area contributed by atoms with Gasteiger partial charge in [0.15, 0.2) is 5.82 Å². The summed E-state index contributed by atoms with van der Waals surface area (Å²) >= 11 is 6.38. The molecule has 0 spiro atoms. The van der Waals surface area contributed by atoms with Crippen molar-refractivity contribution in [1.82, 2.24) is 19.7 Å². The number of aryl methyl sites for hydroxylation is 1. The number of amides is 1. The summed E-state index contributed by atoms with van der Waals surface area (Å²) in [4.78, 5) is 22.5. The van der Waals surface area contributed by atoms with Gasteiger partial charge in [-0.05, 0) is 51.5 Å². The number of nitrogen functional groups attached to an aromatic ring is 1. The molecule has 0 saturated heterocycles. The number of carbonyl (C=O) groups excluding carboxylic acids is 1. The molecular formula is C27H35ClFN5O2. The lowest BCUT2D eigenvalue weighted by molar-refractivity contribution is 0.0890. The van der Waals surface area contributed by atoms with Crippen molar-refractivity contribution >= 4 is 28.8 Å². The highest BCUT2D eigenvalue weighted by Gasteiger charge is 2.39. The maximum Gasteiger partial charge on any atom is 0.258 e. The molecule has 4 rings (SSSR count). The van der Waals surface area contributed by atoms with Crippen molar-refractivity contribution in [3.05, 3.63) is 51.9 Å². The van der Waals surface area contributed by atoms with Crippen molar-refractivity contribution < 1.29 is 13.9 Å². The van der Waals surface area contributed by atoms with Gasteiger partial charge in [-0.25, -0.2) is 14.4 Å². The molecule has 1 saturated carbocycles. The fourth-order valence-electron chi connectivity index (χ4n) is 5.36. The molecule has 194 valence electrons. The van der Waals surface area contributed by atoms with Gasteiger partial charge in [-0.2, -0.15) is 0 Å². The summed E-state index contributed by atoms with van der Waals surface area (Å²) < 4.78 is 23.5. The van der Waals surface area contributed by atoms with Crippen LogP contribution in [-0.4, -0.2) is 32.4 Å². The molecule has 9 heteroatoms. The summed E-state index contributed by atoms with van der Waals surface area (Å²) in [6.07, 6.45) is 6.92. The molecule has 36 heavy (non-hydrogen) atoms. The number of rotatable bonds is 7. The normalized spacial score (nSPS) is 20.8. The SMILES string of the molecule is CC[C@]1(C)CCCC1NC(=O)c1c(F)c(Cl)cc([C@H](C)c2nc(C)c3c(N)nccn23)c1OC(C)C. The predicted molar refractivity (Wildman–Crippen MR) is 140 cm³/mol. The quantitative estimate of drug-likeness (QED) is 0.399. The van der Waals surface area contributed by atoms with Crippen molar-refractivity contribution in [2.75, 3.05) is 5.73 Å². The number of nitrogens with zero attached hydrogens (tertiary/aromatic N) is 3. The Labute approximate surface area is 216 Å². The first-order valence-electron chi connectivity index (χ1n) is 12.6. The number of halogens is 2. The number of benzene rings is 1. The van der Waals surface area contributed by atoms with Crippen LogP contribution in [0, 0.1) is 18.2 Å². The second kappa shape index (κ2) is 9.88. The first-order valence-corrected chi connectivity index (χ1v) is 12.9. The molecule has 7 nitrogen and oxygen atoms in total. The number of anilines is 1. The number of nitrogens with two attached hydrogens (primary N) is 1. The van der Waals surface area contributed by atoms with Crippen LogP contribution in [0.4, 0.5) is 10.2 Å². The van der Waals surface area contributed by atoms with Crippen LogP contribution in [0.5, 0.6) is 5.75 Å². The Bertz CT molecular complexity index is 1310. The third-order valence-electron chi connectivity index (χ3n) is 7.61. The zero-order valence-corrected chi connectivity index (χ0v) is 22.5. The maximum absolute atomic E-state index is 15.5. The van der Waals surface area contributed by atoms with Gasteiger partial charge >= 0.3 is 0 Å². The van der Waals surface area contributed by atoms with Crippen LogP contribution in [0.15, 0.2) is 18.5 Å². The van der Waals surface area contributed by atoms with Crippen LogP contribution in [0.25, 0.3) is 5.52 Å². The van der Waals surface area contributed by atoms with E-state index in [9.17, 15) is 4.79 Å². The molecule has 0 radical (unpaired) electrons. The molecule has 1 aromatic carbocycles. The Hall–Kier alpha value is -2.87. The van der Waals surface area contributed by atoms with Crippen molar-refractivity contribution in [1.29, 1.82) is 0 Å². The summed E-state index contributed by atoms with van der Waals surface area (Å²) in [6.45, 7) is 11.8. The number of aromatic nitrogens is 3. The van der Waals surface area contributed by atoms with Crippen LogP contribution in [-0.2, 0) is 0 Å². The Morgan fingerprint density at radius 2 is 2.14 bits per heavy atom. The zero-order chi connectivity index (χ0) is 26.4. The smallest absolute Gasteiger partial charge is 0.258 e. The van der Waals surface area contributed by atoms with Gasteiger partial charge in [0.2, 0.25) is 0 Å². The highest BCUT2D eigenvalue weighted by molar-refractivity contribution is 6.31. The summed E-state index contributed by atoms with van der Waals surface area (Å²) in [6, 6.07) is 1.48. The highest BCUT2D eigenvalue weighted by Crippen LogP contribution is 2.43. The lowest BCUT2D eigenvalue weighted by Gasteiger charge is -2.31. The van der Waals surface area contributed by atoms with Gasteiger partial charge in [-0.3, -0.25) is 9.20 Å². The molecule has 0 aliphatic heterocycles. The Morgan fingerprint density at radius 1 is 1.42 bits per heavy atom. The number of ether oxygens (including phenoxy) is 1. The van der Waals surface area contributed by atoms with E-state index in [1.807, 2.05) is 32.1 Å². The minimum Gasteiger partial charge on any atom is -0.490 e. The van der Waals surface area contributed by atoms with Crippen LogP contribution in [0.2, 0.25) is 5.02 Å². The monoisotopic (exact) mass is 515 g/mol. The molecule has 0 bridgehead atoms. The van der Waals surface area contributed by atoms with E-state index in [2.05, 4.69) is 24.1 Å². The van der Waals surface area contributed by atoms with Crippen LogP contribution in [0.3, 0.4) is 0 Å². The van der Waals surface area contributed by atoms with Gasteiger partial charge in [0.25, 0.3) is 5.91 Å². The summed E-state index contributed by atoms with van der Waals surface area (Å²) in [7, 11) is 0. The van der Waals surface area contributed by atoms with E-state index in [1.54, 1.807) is 12.4 Å². The van der Waals surface area contributed by atoms with Gasteiger partial charge in [0.05, 0.1) is 16.8 Å². The molecule has 2 aromatic heterocycles. The summed E-state index contributed by atoms with van der Waals surface area (Å²) in [5.41, 5.74) is 7.92. The number of nitrogens with one attached hydrogen (secondary N) is 1. The van der Waals surface area contributed by atoms with E-state index in [0.717, 1.165) is 31.4 Å². The summed E-state index contributed by atoms with van der Waals surface area (Å²) in [5, 5.41) is 2.96. The van der Waals surface area contributed by atoms with E-state index in [1.165, 1.54) is 6.07 Å². The lowest BCUT2D eigenvalue weighted by atomic mass is 9.82. The van der Waals surface area contributed by atoms with Gasteiger partial charge in [0, 0.05) is 29.9 Å².